The summed E-state index contributed by atoms with van der Waals surface area (Å²) in [5.74, 6) is 0.548. The van der Waals surface area contributed by atoms with Crippen LogP contribution < -0.4 is 4.74 Å². The fraction of sp³-hybridized carbons (Fsp3) is 0.133. The van der Waals surface area contributed by atoms with Crippen LogP contribution in [-0.4, -0.2) is 5.11 Å². The molecule has 2 rings (SSSR count). The van der Waals surface area contributed by atoms with E-state index in [-0.39, 0.29) is 6.61 Å². The van der Waals surface area contributed by atoms with Crippen molar-refractivity contribution in [3.05, 3.63) is 64.2 Å². The molecular formula is C15H12ClNO2. The summed E-state index contributed by atoms with van der Waals surface area (Å²) in [5, 5.41) is 18.1. The van der Waals surface area contributed by atoms with Crippen LogP contribution in [0.4, 0.5) is 0 Å². The van der Waals surface area contributed by atoms with Crippen LogP contribution in [0, 0.1) is 11.3 Å². The van der Waals surface area contributed by atoms with Crippen LogP contribution in [-0.2, 0) is 13.2 Å². The monoisotopic (exact) mass is 273 g/mol. The van der Waals surface area contributed by atoms with E-state index in [2.05, 4.69) is 0 Å². The maximum atomic E-state index is 8.95. The average Bonchev–Trinajstić information content (AvgIpc) is 2.46. The van der Waals surface area contributed by atoms with Gasteiger partial charge in [-0.15, -0.1) is 0 Å². The van der Waals surface area contributed by atoms with Gasteiger partial charge in [0, 0.05) is 0 Å². The molecule has 0 aromatic heterocycles. The molecule has 1 N–H and O–H groups in total. The van der Waals surface area contributed by atoms with Gasteiger partial charge in [-0.25, -0.2) is 0 Å². The zero-order valence-electron chi connectivity index (χ0n) is 10.1. The van der Waals surface area contributed by atoms with Crippen molar-refractivity contribution in [1.29, 1.82) is 5.26 Å². The van der Waals surface area contributed by atoms with Gasteiger partial charge < -0.3 is 9.84 Å². The lowest BCUT2D eigenvalue weighted by Gasteiger charge is -2.08. The predicted molar refractivity (Wildman–Crippen MR) is 72.9 cm³/mol. The number of aliphatic hydroxyl groups excluding tert-OH is 1. The van der Waals surface area contributed by atoms with Gasteiger partial charge in [-0.2, -0.15) is 5.26 Å². The molecule has 0 aliphatic carbocycles. The fourth-order valence-electron chi connectivity index (χ4n) is 1.59. The van der Waals surface area contributed by atoms with Crippen molar-refractivity contribution in [2.75, 3.05) is 0 Å². The summed E-state index contributed by atoms with van der Waals surface area (Å²) in [7, 11) is 0. The smallest absolute Gasteiger partial charge is 0.138 e. The number of benzene rings is 2. The molecule has 0 aliphatic rings. The molecule has 0 bridgehead atoms. The first kappa shape index (κ1) is 13.4. The highest BCUT2D eigenvalue weighted by Crippen LogP contribution is 2.26. The molecule has 3 nitrogen and oxygen atoms in total. The van der Waals surface area contributed by atoms with E-state index in [1.807, 2.05) is 30.3 Å². The zero-order chi connectivity index (χ0) is 13.7. The van der Waals surface area contributed by atoms with Gasteiger partial charge in [-0.1, -0.05) is 35.9 Å². The second-order valence-electron chi connectivity index (χ2n) is 4.02. The van der Waals surface area contributed by atoms with E-state index in [0.29, 0.717) is 22.9 Å². The van der Waals surface area contributed by atoms with E-state index in [4.69, 9.17) is 26.7 Å². The van der Waals surface area contributed by atoms with Gasteiger partial charge >= 0.3 is 0 Å². The van der Waals surface area contributed by atoms with Crippen LogP contribution >= 0.6 is 11.6 Å². The fourth-order valence-corrected chi connectivity index (χ4v) is 1.82. The summed E-state index contributed by atoms with van der Waals surface area (Å²) in [6.07, 6.45) is 0. The van der Waals surface area contributed by atoms with Crippen molar-refractivity contribution in [1.82, 2.24) is 0 Å². The van der Waals surface area contributed by atoms with E-state index < -0.39 is 0 Å². The van der Waals surface area contributed by atoms with Crippen molar-refractivity contribution in [2.24, 2.45) is 0 Å². The average molecular weight is 274 g/mol. The maximum absolute atomic E-state index is 8.95. The number of ether oxygens (including phenoxy) is 1. The van der Waals surface area contributed by atoms with Gasteiger partial charge in [0.25, 0.3) is 0 Å². The van der Waals surface area contributed by atoms with E-state index in [0.717, 1.165) is 11.1 Å². The highest BCUT2D eigenvalue weighted by molar-refractivity contribution is 6.32. The predicted octanol–water partition coefficient (Wildman–Crippen LogP) is 3.28. The Labute approximate surface area is 116 Å². The third-order valence-electron chi connectivity index (χ3n) is 2.66. The summed E-state index contributed by atoms with van der Waals surface area (Å²) in [6.45, 7) is 0.417. The standard InChI is InChI=1S/C15H12ClNO2/c16-14-7-13(8-17)5-6-15(14)19-10-12-3-1-11(9-18)2-4-12/h1-7,18H,9-10H2. The summed E-state index contributed by atoms with van der Waals surface area (Å²) in [6, 6.07) is 14.4. The van der Waals surface area contributed by atoms with E-state index in [9.17, 15) is 0 Å². The van der Waals surface area contributed by atoms with Crippen LogP contribution in [0.5, 0.6) is 5.75 Å². The SMILES string of the molecule is N#Cc1ccc(OCc2ccc(CO)cc2)c(Cl)c1. The molecule has 2 aromatic rings. The van der Waals surface area contributed by atoms with Gasteiger partial charge in [0.2, 0.25) is 0 Å². The molecule has 0 heterocycles. The van der Waals surface area contributed by atoms with Gasteiger partial charge in [0.15, 0.2) is 0 Å². The molecule has 0 radical (unpaired) electrons. The summed E-state index contributed by atoms with van der Waals surface area (Å²) < 4.78 is 5.59. The van der Waals surface area contributed by atoms with Crippen LogP contribution in [0.25, 0.3) is 0 Å². The number of halogens is 1. The second kappa shape index (κ2) is 6.24. The maximum Gasteiger partial charge on any atom is 0.138 e. The van der Waals surface area contributed by atoms with Crippen LogP contribution in [0.15, 0.2) is 42.5 Å². The van der Waals surface area contributed by atoms with E-state index >= 15 is 0 Å². The lowest BCUT2D eigenvalue weighted by Crippen LogP contribution is -1.96. The number of nitriles is 1. The van der Waals surface area contributed by atoms with Crippen molar-refractivity contribution < 1.29 is 9.84 Å². The van der Waals surface area contributed by atoms with Gasteiger partial charge in [-0.3, -0.25) is 0 Å². The third kappa shape index (κ3) is 3.47. The van der Waals surface area contributed by atoms with Gasteiger partial charge in [0.05, 0.1) is 23.3 Å². The van der Waals surface area contributed by atoms with E-state index in [1.54, 1.807) is 18.2 Å². The lowest BCUT2D eigenvalue weighted by atomic mass is 10.1. The normalized spacial score (nSPS) is 9.95. The highest BCUT2D eigenvalue weighted by atomic mass is 35.5. The number of nitrogens with zero attached hydrogens (tertiary/aromatic N) is 1. The van der Waals surface area contributed by atoms with Crippen LogP contribution in [0.1, 0.15) is 16.7 Å². The molecule has 96 valence electrons. The van der Waals surface area contributed by atoms with Gasteiger partial charge in [-0.05, 0) is 29.3 Å². The van der Waals surface area contributed by atoms with E-state index in [1.165, 1.54) is 0 Å². The lowest BCUT2D eigenvalue weighted by molar-refractivity contribution is 0.281. The molecule has 0 unspecified atom stereocenters. The Morgan fingerprint density at radius 3 is 2.37 bits per heavy atom. The molecule has 4 heteroatoms. The number of hydrogen-bond acceptors (Lipinski definition) is 3. The van der Waals surface area contributed by atoms with Gasteiger partial charge in [0.1, 0.15) is 12.4 Å². The van der Waals surface area contributed by atoms with Crippen molar-refractivity contribution in [3.8, 4) is 11.8 Å². The first-order valence-corrected chi connectivity index (χ1v) is 6.12. The molecule has 0 saturated heterocycles. The Kier molecular flexibility index (Phi) is 4.40. The van der Waals surface area contributed by atoms with Crippen LogP contribution in [0.2, 0.25) is 5.02 Å². The Balaban J connectivity index is 2.04. The molecule has 0 fully saturated rings. The minimum Gasteiger partial charge on any atom is -0.487 e. The molecule has 19 heavy (non-hydrogen) atoms. The largest absolute Gasteiger partial charge is 0.487 e. The quantitative estimate of drug-likeness (QED) is 0.930. The topological polar surface area (TPSA) is 53.2 Å². The minimum absolute atomic E-state index is 0.0303. The molecule has 0 amide bonds. The molecule has 0 atom stereocenters. The Bertz CT molecular complexity index is 603. The molecule has 0 spiro atoms. The van der Waals surface area contributed by atoms with Crippen molar-refractivity contribution >= 4 is 11.6 Å². The number of aliphatic hydroxyl groups is 1. The minimum atomic E-state index is 0.0303. The number of hydrogen-bond donors (Lipinski definition) is 1. The highest BCUT2D eigenvalue weighted by Gasteiger charge is 2.03. The number of rotatable bonds is 4. The summed E-state index contributed by atoms with van der Waals surface area (Å²) >= 11 is 6.01. The summed E-state index contributed by atoms with van der Waals surface area (Å²) in [5.41, 5.74) is 2.35. The zero-order valence-corrected chi connectivity index (χ0v) is 10.9. The first-order valence-electron chi connectivity index (χ1n) is 5.74. The first-order chi connectivity index (χ1) is 9.22. The molecule has 0 aliphatic heterocycles. The molecule has 2 aromatic carbocycles. The summed E-state index contributed by atoms with van der Waals surface area (Å²) in [4.78, 5) is 0. The Hall–Kier alpha value is -2.02. The van der Waals surface area contributed by atoms with Crippen molar-refractivity contribution in [3.63, 3.8) is 0 Å². The third-order valence-corrected chi connectivity index (χ3v) is 2.96. The van der Waals surface area contributed by atoms with Crippen LogP contribution in [0.3, 0.4) is 0 Å². The Morgan fingerprint density at radius 2 is 1.79 bits per heavy atom. The Morgan fingerprint density at radius 1 is 1.11 bits per heavy atom. The molecule has 0 saturated carbocycles. The van der Waals surface area contributed by atoms with Crippen molar-refractivity contribution in [2.45, 2.75) is 13.2 Å². The second-order valence-corrected chi connectivity index (χ2v) is 4.43. The molecular weight excluding hydrogens is 262 g/mol.